The highest BCUT2D eigenvalue weighted by atomic mass is 79.9. The molecule has 0 radical (unpaired) electrons. The number of likely N-dealkylation sites (N-methyl/N-ethyl adjacent to an activating group) is 1. The van der Waals surface area contributed by atoms with Crippen LogP contribution in [0.1, 0.15) is 18.1 Å². The first-order chi connectivity index (χ1) is 12.9. The molecule has 1 heterocycles. The second-order valence-corrected chi connectivity index (χ2v) is 8.60. The Labute approximate surface area is 179 Å². The standard InChI is InChI=1S/C19H14BrClFNO2S2/c1-2-23-18(24)17(27-19(23)26)9-11-8-12(20)6-7-16(11)25-10-13-14(21)4-3-5-15(13)22/h3-9H,2,10H2,1H3/b17-9+. The van der Waals surface area contributed by atoms with Crippen molar-refractivity contribution in [1.29, 1.82) is 0 Å². The zero-order chi connectivity index (χ0) is 19.6. The van der Waals surface area contributed by atoms with Crippen molar-refractivity contribution in [2.45, 2.75) is 13.5 Å². The van der Waals surface area contributed by atoms with Gasteiger partial charge in [-0.2, -0.15) is 0 Å². The highest BCUT2D eigenvalue weighted by molar-refractivity contribution is 9.10. The molecular formula is C19H14BrClFNO2S2. The maximum Gasteiger partial charge on any atom is 0.266 e. The molecule has 3 nitrogen and oxygen atoms in total. The summed E-state index contributed by atoms with van der Waals surface area (Å²) in [5, 5.41) is 0.303. The molecule has 0 unspecified atom stereocenters. The van der Waals surface area contributed by atoms with Crippen LogP contribution < -0.4 is 4.74 Å². The number of carbonyl (C=O) groups excluding carboxylic acids is 1. The zero-order valence-corrected chi connectivity index (χ0v) is 18.1. The number of ether oxygens (including phenoxy) is 1. The Kier molecular flexibility index (Phi) is 6.57. The molecule has 3 rings (SSSR count). The van der Waals surface area contributed by atoms with Gasteiger partial charge in [0.15, 0.2) is 0 Å². The van der Waals surface area contributed by atoms with E-state index in [0.29, 0.717) is 32.1 Å². The van der Waals surface area contributed by atoms with Gasteiger partial charge in [0.1, 0.15) is 22.5 Å². The molecule has 1 fully saturated rings. The SMILES string of the molecule is CCN1C(=O)/C(=C\c2cc(Br)ccc2OCc2c(F)cccc2Cl)SC1=S. The van der Waals surface area contributed by atoms with Gasteiger partial charge in [0.05, 0.1) is 9.93 Å². The summed E-state index contributed by atoms with van der Waals surface area (Å²) in [6, 6.07) is 9.89. The quantitative estimate of drug-likeness (QED) is 0.380. The molecule has 0 saturated carbocycles. The van der Waals surface area contributed by atoms with Gasteiger partial charge in [-0.05, 0) is 43.3 Å². The van der Waals surface area contributed by atoms with Crippen molar-refractivity contribution in [3.63, 3.8) is 0 Å². The van der Waals surface area contributed by atoms with E-state index in [2.05, 4.69) is 15.9 Å². The molecule has 1 amide bonds. The molecule has 0 aliphatic carbocycles. The van der Waals surface area contributed by atoms with Crippen LogP contribution >= 0.6 is 51.5 Å². The fraction of sp³-hybridized carbons (Fsp3) is 0.158. The van der Waals surface area contributed by atoms with Crippen molar-refractivity contribution in [3.8, 4) is 5.75 Å². The maximum absolute atomic E-state index is 14.0. The van der Waals surface area contributed by atoms with Crippen LogP contribution in [-0.2, 0) is 11.4 Å². The number of hydrogen-bond donors (Lipinski definition) is 0. The van der Waals surface area contributed by atoms with Gasteiger partial charge in [0, 0.05) is 22.1 Å². The van der Waals surface area contributed by atoms with Gasteiger partial charge in [-0.3, -0.25) is 9.69 Å². The minimum absolute atomic E-state index is 0.0239. The fourth-order valence-corrected chi connectivity index (χ4v) is 4.47. The highest BCUT2D eigenvalue weighted by Crippen LogP contribution is 2.35. The Morgan fingerprint density at radius 2 is 2.15 bits per heavy atom. The number of thiocarbonyl (C=S) groups is 1. The Hall–Kier alpha value is -1.41. The normalized spacial score (nSPS) is 15.7. The van der Waals surface area contributed by atoms with Gasteiger partial charge in [0.2, 0.25) is 0 Å². The third kappa shape index (κ3) is 4.54. The van der Waals surface area contributed by atoms with Crippen LogP contribution in [0.15, 0.2) is 45.8 Å². The van der Waals surface area contributed by atoms with Crippen LogP contribution in [0.3, 0.4) is 0 Å². The first-order valence-corrected chi connectivity index (χ1v) is 10.4. The maximum atomic E-state index is 14.0. The molecule has 1 aliphatic rings. The van der Waals surface area contributed by atoms with E-state index in [1.807, 2.05) is 19.1 Å². The molecule has 27 heavy (non-hydrogen) atoms. The largest absolute Gasteiger partial charge is 0.488 e. The van der Waals surface area contributed by atoms with Crippen LogP contribution in [0.5, 0.6) is 5.75 Å². The molecule has 1 aliphatic heterocycles. The van der Waals surface area contributed by atoms with E-state index in [1.54, 1.807) is 29.2 Å². The third-order valence-corrected chi connectivity index (χ3v) is 6.11. The average Bonchev–Trinajstić information content (AvgIpc) is 2.89. The van der Waals surface area contributed by atoms with Crippen molar-refractivity contribution in [1.82, 2.24) is 4.90 Å². The van der Waals surface area contributed by atoms with Gasteiger partial charge < -0.3 is 4.74 Å². The number of rotatable bonds is 5. The summed E-state index contributed by atoms with van der Waals surface area (Å²) in [5.41, 5.74) is 0.971. The van der Waals surface area contributed by atoms with E-state index in [4.69, 9.17) is 28.6 Å². The van der Waals surface area contributed by atoms with Gasteiger partial charge in [-0.1, -0.05) is 57.6 Å². The average molecular weight is 487 g/mol. The topological polar surface area (TPSA) is 29.5 Å². The molecule has 0 aromatic heterocycles. The molecule has 0 atom stereocenters. The summed E-state index contributed by atoms with van der Waals surface area (Å²) in [4.78, 5) is 14.5. The van der Waals surface area contributed by atoms with Crippen molar-refractivity contribution in [2.24, 2.45) is 0 Å². The number of hydrogen-bond acceptors (Lipinski definition) is 4. The van der Waals surface area contributed by atoms with E-state index in [9.17, 15) is 9.18 Å². The number of nitrogens with zero attached hydrogens (tertiary/aromatic N) is 1. The van der Waals surface area contributed by atoms with E-state index >= 15 is 0 Å². The van der Waals surface area contributed by atoms with Crippen LogP contribution in [0.2, 0.25) is 5.02 Å². The lowest BCUT2D eigenvalue weighted by Gasteiger charge is -2.12. The molecule has 140 valence electrons. The summed E-state index contributed by atoms with van der Waals surface area (Å²) in [5.74, 6) is -0.0418. The molecule has 0 spiro atoms. The predicted octanol–water partition coefficient (Wildman–Crippen LogP) is 6.04. The Morgan fingerprint density at radius 3 is 2.81 bits per heavy atom. The van der Waals surface area contributed by atoms with Crippen LogP contribution in [0.25, 0.3) is 6.08 Å². The summed E-state index contributed by atoms with van der Waals surface area (Å²) >= 11 is 16.0. The highest BCUT2D eigenvalue weighted by Gasteiger charge is 2.30. The molecule has 2 aromatic carbocycles. The van der Waals surface area contributed by atoms with E-state index in [0.717, 1.165) is 4.47 Å². The minimum Gasteiger partial charge on any atom is -0.488 e. The van der Waals surface area contributed by atoms with E-state index < -0.39 is 5.82 Å². The second-order valence-electron chi connectivity index (χ2n) is 5.60. The van der Waals surface area contributed by atoms with Crippen LogP contribution in [-0.4, -0.2) is 21.7 Å². The first-order valence-electron chi connectivity index (χ1n) is 8.01. The number of thioether (sulfide) groups is 1. The Bertz CT molecular complexity index is 931. The van der Waals surface area contributed by atoms with Crippen LogP contribution in [0, 0.1) is 5.82 Å². The third-order valence-electron chi connectivity index (χ3n) is 3.88. The number of benzene rings is 2. The molecule has 2 aromatic rings. The van der Waals surface area contributed by atoms with Gasteiger partial charge >= 0.3 is 0 Å². The smallest absolute Gasteiger partial charge is 0.266 e. The molecule has 0 N–H and O–H groups in total. The number of amides is 1. The molecule has 8 heteroatoms. The fourth-order valence-electron chi connectivity index (χ4n) is 2.50. The summed E-state index contributed by atoms with van der Waals surface area (Å²) in [6.45, 7) is 2.37. The lowest BCUT2D eigenvalue weighted by Crippen LogP contribution is -2.27. The lowest BCUT2D eigenvalue weighted by molar-refractivity contribution is -0.121. The second kappa shape index (κ2) is 8.73. The monoisotopic (exact) mass is 485 g/mol. The van der Waals surface area contributed by atoms with Crippen molar-refractivity contribution in [3.05, 3.63) is 67.7 Å². The van der Waals surface area contributed by atoms with Crippen molar-refractivity contribution in [2.75, 3.05) is 6.54 Å². The summed E-state index contributed by atoms with van der Waals surface area (Å²) < 4.78 is 21.1. The van der Waals surface area contributed by atoms with Gasteiger partial charge in [-0.15, -0.1) is 0 Å². The molecule has 0 bridgehead atoms. The summed E-state index contributed by atoms with van der Waals surface area (Å²) in [6.07, 6.45) is 1.73. The molecular weight excluding hydrogens is 473 g/mol. The van der Waals surface area contributed by atoms with Gasteiger partial charge in [-0.25, -0.2) is 4.39 Å². The van der Waals surface area contributed by atoms with Crippen molar-refractivity contribution >= 4 is 67.8 Å². The van der Waals surface area contributed by atoms with E-state index in [-0.39, 0.29) is 18.1 Å². The van der Waals surface area contributed by atoms with Crippen LogP contribution in [0.4, 0.5) is 4.39 Å². The Morgan fingerprint density at radius 1 is 1.37 bits per heavy atom. The first kappa shape index (κ1) is 20.3. The zero-order valence-electron chi connectivity index (χ0n) is 14.2. The van der Waals surface area contributed by atoms with Crippen molar-refractivity contribution < 1.29 is 13.9 Å². The van der Waals surface area contributed by atoms with E-state index in [1.165, 1.54) is 17.8 Å². The lowest BCUT2D eigenvalue weighted by atomic mass is 10.1. The predicted molar refractivity (Wildman–Crippen MR) is 115 cm³/mol. The number of carbonyl (C=O) groups is 1. The minimum atomic E-state index is -0.426. The van der Waals surface area contributed by atoms with Gasteiger partial charge in [0.25, 0.3) is 5.91 Å². The summed E-state index contributed by atoms with van der Waals surface area (Å²) in [7, 11) is 0. The molecule has 1 saturated heterocycles. The number of halogens is 3. The Balaban J connectivity index is 1.89.